The van der Waals surface area contributed by atoms with Gasteiger partial charge in [-0.3, -0.25) is 9.69 Å². The largest absolute Gasteiger partial charge is 0.389 e. The number of amides is 1. The fraction of sp³-hybridized carbons (Fsp3) is 0.556. The molecule has 2 rings (SSSR count). The van der Waals surface area contributed by atoms with E-state index in [0.717, 1.165) is 18.7 Å². The van der Waals surface area contributed by atoms with Crippen molar-refractivity contribution in [1.82, 2.24) is 9.80 Å². The van der Waals surface area contributed by atoms with Gasteiger partial charge in [0.05, 0.1) is 30.8 Å². The number of rotatable bonds is 7. The molecular formula is C18H25N3O3. The molecule has 6 heteroatoms. The predicted octanol–water partition coefficient (Wildman–Crippen LogP) is 0.642. The van der Waals surface area contributed by atoms with Gasteiger partial charge < -0.3 is 14.7 Å². The summed E-state index contributed by atoms with van der Waals surface area (Å²) in [6.07, 6.45) is -0.121. The van der Waals surface area contributed by atoms with Crippen LogP contribution in [-0.4, -0.2) is 72.9 Å². The van der Waals surface area contributed by atoms with Crippen LogP contribution in [0.15, 0.2) is 24.3 Å². The molecule has 1 heterocycles. The van der Waals surface area contributed by atoms with Crippen molar-refractivity contribution < 1.29 is 14.6 Å². The molecule has 1 aromatic rings. The van der Waals surface area contributed by atoms with Crippen LogP contribution in [0.25, 0.3) is 0 Å². The zero-order chi connectivity index (χ0) is 17.4. The minimum Gasteiger partial charge on any atom is -0.389 e. The highest BCUT2D eigenvalue weighted by Gasteiger charge is 2.22. The molecule has 1 aliphatic rings. The molecule has 0 aliphatic carbocycles. The van der Waals surface area contributed by atoms with Crippen molar-refractivity contribution in [3.05, 3.63) is 35.4 Å². The smallest absolute Gasteiger partial charge is 0.227 e. The van der Waals surface area contributed by atoms with Gasteiger partial charge in [-0.25, -0.2) is 0 Å². The number of hydrogen-bond donors (Lipinski definition) is 1. The Hall–Kier alpha value is -1.94. The van der Waals surface area contributed by atoms with Crippen LogP contribution in [-0.2, 0) is 16.0 Å². The van der Waals surface area contributed by atoms with Gasteiger partial charge in [-0.2, -0.15) is 5.26 Å². The summed E-state index contributed by atoms with van der Waals surface area (Å²) < 4.78 is 5.22. The lowest BCUT2D eigenvalue weighted by Crippen LogP contribution is -2.51. The van der Waals surface area contributed by atoms with Crippen molar-refractivity contribution in [2.45, 2.75) is 19.4 Å². The summed E-state index contributed by atoms with van der Waals surface area (Å²) in [5.41, 5.74) is 1.53. The Balaban J connectivity index is 1.75. The highest BCUT2D eigenvalue weighted by molar-refractivity contribution is 5.78. The van der Waals surface area contributed by atoms with E-state index in [4.69, 9.17) is 10.00 Å². The van der Waals surface area contributed by atoms with Crippen molar-refractivity contribution >= 4 is 5.91 Å². The number of β-amino-alcohol motifs (C(OH)–C–C–N with tert-alkyl or cyclic N) is 1. The van der Waals surface area contributed by atoms with Crippen molar-refractivity contribution in [1.29, 1.82) is 5.26 Å². The Morgan fingerprint density at radius 3 is 2.54 bits per heavy atom. The minimum absolute atomic E-state index is 0.106. The molecule has 1 N–H and O–H groups in total. The maximum atomic E-state index is 12.4. The summed E-state index contributed by atoms with van der Waals surface area (Å²) in [6, 6.07) is 9.21. The molecule has 0 aromatic heterocycles. The van der Waals surface area contributed by atoms with Gasteiger partial charge in [-0.05, 0) is 24.6 Å². The van der Waals surface area contributed by atoms with Gasteiger partial charge in [-0.15, -0.1) is 0 Å². The maximum absolute atomic E-state index is 12.4. The molecule has 1 atom stereocenters. The number of carbonyl (C=O) groups excluding carboxylic acids is 1. The number of nitriles is 1. The quantitative estimate of drug-likeness (QED) is 0.793. The number of carbonyl (C=O) groups is 1. The first kappa shape index (κ1) is 18.4. The number of nitrogens with zero attached hydrogens (tertiary/aromatic N) is 3. The molecule has 130 valence electrons. The lowest BCUT2D eigenvalue weighted by molar-refractivity contribution is -0.132. The number of piperazine rings is 1. The van der Waals surface area contributed by atoms with Gasteiger partial charge in [0.15, 0.2) is 0 Å². The highest BCUT2D eigenvalue weighted by Crippen LogP contribution is 2.09. The topological polar surface area (TPSA) is 76.8 Å². The van der Waals surface area contributed by atoms with Crippen LogP contribution < -0.4 is 0 Å². The Morgan fingerprint density at radius 1 is 1.29 bits per heavy atom. The fourth-order valence-electron chi connectivity index (χ4n) is 2.77. The monoisotopic (exact) mass is 331 g/mol. The number of benzene rings is 1. The van der Waals surface area contributed by atoms with Crippen molar-refractivity contribution in [3.8, 4) is 6.07 Å². The first-order valence-corrected chi connectivity index (χ1v) is 8.37. The highest BCUT2D eigenvalue weighted by atomic mass is 16.5. The molecule has 0 bridgehead atoms. The first-order valence-electron chi connectivity index (χ1n) is 8.37. The second kappa shape index (κ2) is 9.38. The van der Waals surface area contributed by atoms with Gasteiger partial charge in [0, 0.05) is 39.3 Å². The van der Waals surface area contributed by atoms with Crippen molar-refractivity contribution in [3.63, 3.8) is 0 Å². The van der Waals surface area contributed by atoms with E-state index in [9.17, 15) is 9.90 Å². The van der Waals surface area contributed by atoms with E-state index in [1.54, 1.807) is 12.1 Å². The molecule has 0 unspecified atom stereocenters. The molecule has 1 fully saturated rings. The molecule has 0 saturated carbocycles. The van der Waals surface area contributed by atoms with E-state index >= 15 is 0 Å². The molecule has 1 saturated heterocycles. The molecule has 6 nitrogen and oxygen atoms in total. The van der Waals surface area contributed by atoms with Crippen LogP contribution >= 0.6 is 0 Å². The third kappa shape index (κ3) is 5.60. The number of aliphatic hydroxyl groups excluding tert-OH is 1. The fourth-order valence-corrected chi connectivity index (χ4v) is 2.77. The standard InChI is InChI=1S/C18H25N3O3/c1-2-24-14-17(22)13-20-7-9-21(10-8-20)18(23)11-15-3-5-16(12-19)6-4-15/h3-6,17,22H,2,7-11,13-14H2,1H3/t17-/m1/s1. The third-order valence-electron chi connectivity index (χ3n) is 4.15. The van der Waals surface area contributed by atoms with Gasteiger partial charge in [0.1, 0.15) is 0 Å². The zero-order valence-corrected chi connectivity index (χ0v) is 14.1. The van der Waals surface area contributed by atoms with Crippen LogP contribution in [0.5, 0.6) is 0 Å². The van der Waals surface area contributed by atoms with E-state index in [1.807, 2.05) is 24.0 Å². The van der Waals surface area contributed by atoms with Crippen LogP contribution in [0.2, 0.25) is 0 Å². The average Bonchev–Trinajstić information content (AvgIpc) is 2.61. The third-order valence-corrected chi connectivity index (χ3v) is 4.15. The summed E-state index contributed by atoms with van der Waals surface area (Å²) in [6.45, 7) is 6.34. The summed E-state index contributed by atoms with van der Waals surface area (Å²) >= 11 is 0. The minimum atomic E-state index is -0.481. The van der Waals surface area contributed by atoms with Gasteiger partial charge in [0.2, 0.25) is 5.91 Å². The summed E-state index contributed by atoms with van der Waals surface area (Å²) in [5, 5.41) is 18.7. The average molecular weight is 331 g/mol. The maximum Gasteiger partial charge on any atom is 0.227 e. The SMILES string of the molecule is CCOC[C@H](O)CN1CCN(C(=O)Cc2ccc(C#N)cc2)CC1. The molecular weight excluding hydrogens is 306 g/mol. The Bertz CT molecular complexity index is 560. The molecule has 1 aliphatic heterocycles. The predicted molar refractivity (Wildman–Crippen MR) is 90.4 cm³/mol. The molecule has 1 amide bonds. The van der Waals surface area contributed by atoms with Crippen LogP contribution in [0.4, 0.5) is 0 Å². The summed E-state index contributed by atoms with van der Waals surface area (Å²) in [5.74, 6) is 0.106. The van der Waals surface area contributed by atoms with E-state index in [1.165, 1.54) is 0 Å². The number of aliphatic hydroxyl groups is 1. The Labute approximate surface area is 143 Å². The summed E-state index contributed by atoms with van der Waals surface area (Å²) in [7, 11) is 0. The molecule has 1 aromatic carbocycles. The molecule has 0 radical (unpaired) electrons. The van der Waals surface area contributed by atoms with Gasteiger partial charge in [-0.1, -0.05) is 12.1 Å². The second-order valence-corrected chi connectivity index (χ2v) is 5.98. The summed E-state index contributed by atoms with van der Waals surface area (Å²) in [4.78, 5) is 16.4. The number of ether oxygens (including phenoxy) is 1. The van der Waals surface area contributed by atoms with Crippen LogP contribution in [0, 0.1) is 11.3 Å². The Kier molecular flexibility index (Phi) is 7.19. The van der Waals surface area contributed by atoms with Crippen molar-refractivity contribution in [2.75, 3.05) is 45.9 Å². The van der Waals surface area contributed by atoms with E-state index in [0.29, 0.717) is 44.8 Å². The van der Waals surface area contributed by atoms with Gasteiger partial charge >= 0.3 is 0 Å². The lowest BCUT2D eigenvalue weighted by atomic mass is 10.1. The molecule has 24 heavy (non-hydrogen) atoms. The lowest BCUT2D eigenvalue weighted by Gasteiger charge is -2.35. The van der Waals surface area contributed by atoms with E-state index in [-0.39, 0.29) is 5.91 Å². The van der Waals surface area contributed by atoms with E-state index < -0.39 is 6.10 Å². The van der Waals surface area contributed by atoms with E-state index in [2.05, 4.69) is 11.0 Å². The first-order chi connectivity index (χ1) is 11.6. The van der Waals surface area contributed by atoms with Crippen LogP contribution in [0.3, 0.4) is 0 Å². The van der Waals surface area contributed by atoms with Crippen molar-refractivity contribution in [2.24, 2.45) is 0 Å². The molecule has 0 spiro atoms. The number of hydrogen-bond acceptors (Lipinski definition) is 5. The van der Waals surface area contributed by atoms with Gasteiger partial charge in [0.25, 0.3) is 0 Å². The Morgan fingerprint density at radius 2 is 1.96 bits per heavy atom. The second-order valence-electron chi connectivity index (χ2n) is 5.98. The van der Waals surface area contributed by atoms with Crippen LogP contribution in [0.1, 0.15) is 18.1 Å². The zero-order valence-electron chi connectivity index (χ0n) is 14.1. The normalized spacial score (nSPS) is 16.6.